The minimum atomic E-state index is 0. The molecular formula is C18H30IN3O. The van der Waals surface area contributed by atoms with Crippen LogP contribution in [0.15, 0.2) is 35.3 Å². The molecule has 0 saturated heterocycles. The zero-order chi connectivity index (χ0) is 15.6. The molecule has 0 amide bonds. The van der Waals surface area contributed by atoms with Gasteiger partial charge in [-0.3, -0.25) is 4.99 Å². The molecule has 1 fully saturated rings. The fourth-order valence-corrected chi connectivity index (χ4v) is 2.38. The Labute approximate surface area is 157 Å². The van der Waals surface area contributed by atoms with Gasteiger partial charge in [-0.1, -0.05) is 43.2 Å². The van der Waals surface area contributed by atoms with E-state index in [0.717, 1.165) is 38.0 Å². The highest BCUT2D eigenvalue weighted by molar-refractivity contribution is 14.0. The Bertz CT molecular complexity index is 449. The van der Waals surface area contributed by atoms with Crippen molar-refractivity contribution in [1.29, 1.82) is 0 Å². The third-order valence-corrected chi connectivity index (χ3v) is 4.02. The first kappa shape index (κ1) is 20.2. The Hall–Kier alpha value is -0.820. The van der Waals surface area contributed by atoms with E-state index in [4.69, 9.17) is 4.74 Å². The zero-order valence-electron chi connectivity index (χ0n) is 14.3. The minimum Gasteiger partial charge on any atom is -0.374 e. The normalized spacial score (nSPS) is 15.7. The maximum atomic E-state index is 5.86. The Morgan fingerprint density at radius 2 is 1.91 bits per heavy atom. The van der Waals surface area contributed by atoms with Crippen molar-refractivity contribution in [2.75, 3.05) is 26.7 Å². The number of ether oxygens (including phenoxy) is 1. The Kier molecular flexibility index (Phi) is 10.3. The topological polar surface area (TPSA) is 45.7 Å². The quantitative estimate of drug-likeness (QED) is 0.271. The molecule has 0 spiro atoms. The fourth-order valence-electron chi connectivity index (χ4n) is 2.38. The number of nitrogens with zero attached hydrogens (tertiary/aromatic N) is 1. The molecule has 2 rings (SSSR count). The van der Waals surface area contributed by atoms with Crippen LogP contribution in [0, 0.1) is 5.92 Å². The van der Waals surface area contributed by atoms with Gasteiger partial charge in [-0.25, -0.2) is 0 Å². The van der Waals surface area contributed by atoms with Gasteiger partial charge in [0, 0.05) is 26.7 Å². The molecule has 1 aromatic carbocycles. The standard InChI is InChI=1S/C18H29N3O.HI/c1-15(17-7-4-3-5-8-17)22-14-6-12-20-18(19-2)21-13-11-16-9-10-16;/h3-5,7-8,15-16H,6,9-14H2,1-2H3,(H2,19,20,21);1H. The minimum absolute atomic E-state index is 0. The van der Waals surface area contributed by atoms with Crippen LogP contribution < -0.4 is 10.6 Å². The highest BCUT2D eigenvalue weighted by Gasteiger charge is 2.20. The van der Waals surface area contributed by atoms with Crippen LogP contribution in [0.5, 0.6) is 0 Å². The van der Waals surface area contributed by atoms with E-state index in [1.807, 2.05) is 25.2 Å². The molecule has 5 heteroatoms. The van der Waals surface area contributed by atoms with Crippen molar-refractivity contribution < 1.29 is 4.74 Å². The fraction of sp³-hybridized carbons (Fsp3) is 0.611. The summed E-state index contributed by atoms with van der Waals surface area (Å²) >= 11 is 0. The van der Waals surface area contributed by atoms with Crippen LogP contribution in [0.1, 0.15) is 44.3 Å². The van der Waals surface area contributed by atoms with Gasteiger partial charge in [-0.05, 0) is 31.2 Å². The maximum Gasteiger partial charge on any atom is 0.190 e. The average molecular weight is 431 g/mol. The predicted octanol–water partition coefficient (Wildman–Crippen LogP) is 3.74. The third kappa shape index (κ3) is 8.55. The lowest BCUT2D eigenvalue weighted by Crippen LogP contribution is -2.38. The molecule has 2 N–H and O–H groups in total. The van der Waals surface area contributed by atoms with Crippen molar-refractivity contribution in [3.05, 3.63) is 35.9 Å². The molecule has 130 valence electrons. The molecule has 1 unspecified atom stereocenters. The van der Waals surface area contributed by atoms with Gasteiger partial charge in [0.25, 0.3) is 0 Å². The number of aliphatic imine (C=N–C) groups is 1. The maximum absolute atomic E-state index is 5.86. The van der Waals surface area contributed by atoms with Crippen molar-refractivity contribution in [3.8, 4) is 0 Å². The van der Waals surface area contributed by atoms with Gasteiger partial charge < -0.3 is 15.4 Å². The summed E-state index contributed by atoms with van der Waals surface area (Å²) in [6.45, 7) is 4.75. The van der Waals surface area contributed by atoms with E-state index in [1.165, 1.54) is 24.8 Å². The third-order valence-electron chi connectivity index (χ3n) is 4.02. The summed E-state index contributed by atoms with van der Waals surface area (Å²) < 4.78 is 5.86. The van der Waals surface area contributed by atoms with Crippen LogP contribution in [0.3, 0.4) is 0 Å². The van der Waals surface area contributed by atoms with Gasteiger partial charge >= 0.3 is 0 Å². The molecule has 1 aromatic rings. The second-order valence-electron chi connectivity index (χ2n) is 5.94. The number of hydrogen-bond acceptors (Lipinski definition) is 2. The van der Waals surface area contributed by atoms with E-state index in [9.17, 15) is 0 Å². The van der Waals surface area contributed by atoms with Gasteiger partial charge in [0.15, 0.2) is 5.96 Å². The highest BCUT2D eigenvalue weighted by Crippen LogP contribution is 2.31. The summed E-state index contributed by atoms with van der Waals surface area (Å²) in [5.74, 6) is 1.86. The van der Waals surface area contributed by atoms with Crippen LogP contribution in [-0.2, 0) is 4.74 Å². The van der Waals surface area contributed by atoms with Crippen LogP contribution >= 0.6 is 24.0 Å². The monoisotopic (exact) mass is 431 g/mol. The number of hydrogen-bond donors (Lipinski definition) is 2. The van der Waals surface area contributed by atoms with Crippen molar-refractivity contribution in [1.82, 2.24) is 10.6 Å². The molecule has 1 aliphatic rings. The zero-order valence-corrected chi connectivity index (χ0v) is 16.6. The van der Waals surface area contributed by atoms with Gasteiger partial charge in [0.1, 0.15) is 0 Å². The molecule has 23 heavy (non-hydrogen) atoms. The molecular weight excluding hydrogens is 401 g/mol. The van der Waals surface area contributed by atoms with Crippen LogP contribution in [0.2, 0.25) is 0 Å². The Balaban J connectivity index is 0.00000264. The van der Waals surface area contributed by atoms with Crippen molar-refractivity contribution in [2.45, 2.75) is 38.7 Å². The summed E-state index contributed by atoms with van der Waals surface area (Å²) in [5.41, 5.74) is 1.23. The largest absolute Gasteiger partial charge is 0.374 e. The summed E-state index contributed by atoms with van der Waals surface area (Å²) in [6.07, 6.45) is 5.20. The lowest BCUT2D eigenvalue weighted by molar-refractivity contribution is 0.0646. The van der Waals surface area contributed by atoms with Crippen LogP contribution in [0.4, 0.5) is 0 Å². The number of benzene rings is 1. The van der Waals surface area contributed by atoms with Crippen LogP contribution in [0.25, 0.3) is 0 Å². The summed E-state index contributed by atoms with van der Waals surface area (Å²) in [6, 6.07) is 10.3. The first-order chi connectivity index (χ1) is 10.8. The molecule has 1 aliphatic carbocycles. The van der Waals surface area contributed by atoms with Crippen LogP contribution in [-0.4, -0.2) is 32.7 Å². The first-order valence-corrected chi connectivity index (χ1v) is 8.40. The number of guanidine groups is 1. The van der Waals surface area contributed by atoms with E-state index >= 15 is 0 Å². The summed E-state index contributed by atoms with van der Waals surface area (Å²) in [7, 11) is 1.82. The smallest absolute Gasteiger partial charge is 0.190 e. The molecule has 1 atom stereocenters. The van der Waals surface area contributed by atoms with E-state index < -0.39 is 0 Å². The Morgan fingerprint density at radius 3 is 2.57 bits per heavy atom. The molecule has 0 heterocycles. The van der Waals surface area contributed by atoms with E-state index in [1.54, 1.807) is 0 Å². The lowest BCUT2D eigenvalue weighted by atomic mass is 10.1. The van der Waals surface area contributed by atoms with Gasteiger partial charge in [-0.2, -0.15) is 0 Å². The lowest BCUT2D eigenvalue weighted by Gasteiger charge is -2.14. The van der Waals surface area contributed by atoms with Crippen molar-refractivity contribution >= 4 is 29.9 Å². The summed E-state index contributed by atoms with van der Waals surface area (Å²) in [4.78, 5) is 4.24. The molecule has 1 saturated carbocycles. The van der Waals surface area contributed by atoms with E-state index in [0.29, 0.717) is 0 Å². The first-order valence-electron chi connectivity index (χ1n) is 8.40. The van der Waals surface area contributed by atoms with Gasteiger partial charge in [0.05, 0.1) is 6.10 Å². The van der Waals surface area contributed by atoms with Gasteiger partial charge in [0.2, 0.25) is 0 Å². The number of halogens is 1. The highest BCUT2D eigenvalue weighted by atomic mass is 127. The second-order valence-corrected chi connectivity index (χ2v) is 5.94. The molecule has 0 aromatic heterocycles. The molecule has 0 aliphatic heterocycles. The van der Waals surface area contributed by atoms with Crippen molar-refractivity contribution in [3.63, 3.8) is 0 Å². The Morgan fingerprint density at radius 1 is 1.22 bits per heavy atom. The average Bonchev–Trinajstić information content (AvgIpc) is 3.37. The van der Waals surface area contributed by atoms with E-state index in [2.05, 4.69) is 34.7 Å². The number of nitrogens with one attached hydrogen (secondary N) is 2. The molecule has 0 bridgehead atoms. The molecule has 0 radical (unpaired) electrons. The van der Waals surface area contributed by atoms with Crippen molar-refractivity contribution in [2.24, 2.45) is 10.9 Å². The van der Waals surface area contributed by atoms with Gasteiger partial charge in [-0.15, -0.1) is 24.0 Å². The predicted molar refractivity (Wildman–Crippen MR) is 108 cm³/mol. The van der Waals surface area contributed by atoms with E-state index in [-0.39, 0.29) is 30.1 Å². The summed E-state index contributed by atoms with van der Waals surface area (Å²) in [5, 5.41) is 6.70. The second kappa shape index (κ2) is 11.7. The SMILES string of the molecule is CN=C(NCCCOC(C)c1ccccc1)NCCC1CC1.I. The number of rotatable bonds is 9. The molecule has 4 nitrogen and oxygen atoms in total.